The number of aromatic nitrogens is 4. The van der Waals surface area contributed by atoms with Crippen molar-refractivity contribution in [3.05, 3.63) is 75.8 Å². The van der Waals surface area contributed by atoms with Gasteiger partial charge in [0.15, 0.2) is 0 Å². The van der Waals surface area contributed by atoms with Crippen LogP contribution < -0.4 is 5.32 Å². The molecule has 1 N–H and O–H groups in total. The maximum Gasteiger partial charge on any atom is 0.248 e. The molecule has 1 aliphatic rings. The van der Waals surface area contributed by atoms with E-state index in [2.05, 4.69) is 20.8 Å². The number of nitrogens with one attached hydrogen (secondary N) is 1. The first-order chi connectivity index (χ1) is 11.2. The van der Waals surface area contributed by atoms with Gasteiger partial charge in [-0.15, -0.1) is 0 Å². The fourth-order valence-electron chi connectivity index (χ4n) is 2.60. The highest BCUT2D eigenvalue weighted by molar-refractivity contribution is 6.35. The second kappa shape index (κ2) is 5.68. The minimum Gasteiger partial charge on any atom is -0.323 e. The van der Waals surface area contributed by atoms with Gasteiger partial charge < -0.3 is 5.32 Å². The second-order valence-corrected chi connectivity index (χ2v) is 5.97. The van der Waals surface area contributed by atoms with Gasteiger partial charge in [-0.25, -0.2) is 0 Å². The number of hydrogen-bond acceptors (Lipinski definition) is 4. The summed E-state index contributed by atoms with van der Waals surface area (Å²) in [7, 11) is 0. The van der Waals surface area contributed by atoms with Crippen LogP contribution in [-0.4, -0.2) is 20.2 Å². The number of nitrogens with zero attached hydrogens (tertiary/aromatic N) is 4. The number of anilines is 1. The van der Waals surface area contributed by atoms with Crippen molar-refractivity contribution in [2.24, 2.45) is 0 Å². The number of hydrogen-bond donors (Lipinski definition) is 1. The van der Waals surface area contributed by atoms with Crippen molar-refractivity contribution < 1.29 is 0 Å². The van der Waals surface area contributed by atoms with Crippen molar-refractivity contribution in [3.63, 3.8) is 0 Å². The lowest BCUT2D eigenvalue weighted by atomic mass is 10.0. The van der Waals surface area contributed by atoms with E-state index >= 15 is 0 Å². The average molecular weight is 344 g/mol. The van der Waals surface area contributed by atoms with Gasteiger partial charge in [-0.3, -0.25) is 0 Å². The first kappa shape index (κ1) is 14.2. The number of tetrazole rings is 1. The third-order valence-electron chi connectivity index (χ3n) is 3.69. The molecule has 23 heavy (non-hydrogen) atoms. The summed E-state index contributed by atoms with van der Waals surface area (Å²) >= 11 is 12.4. The van der Waals surface area contributed by atoms with Crippen molar-refractivity contribution in [2.45, 2.75) is 6.04 Å². The van der Waals surface area contributed by atoms with Crippen molar-refractivity contribution >= 4 is 34.8 Å². The molecule has 114 valence electrons. The number of fused-ring (bicyclic) bond motifs is 1. The lowest BCUT2D eigenvalue weighted by Gasteiger charge is -2.24. The molecular weight excluding hydrogens is 333 g/mol. The molecule has 0 radical (unpaired) electrons. The summed E-state index contributed by atoms with van der Waals surface area (Å²) in [5.74, 6) is 0.572. The highest BCUT2D eigenvalue weighted by Gasteiger charge is 2.25. The third-order valence-corrected chi connectivity index (χ3v) is 4.26. The third kappa shape index (κ3) is 2.58. The predicted molar refractivity (Wildman–Crippen MR) is 90.5 cm³/mol. The van der Waals surface area contributed by atoms with Crippen molar-refractivity contribution in [1.82, 2.24) is 20.2 Å². The van der Waals surface area contributed by atoms with Crippen LogP contribution >= 0.6 is 23.2 Å². The van der Waals surface area contributed by atoms with Crippen LogP contribution in [0.4, 0.5) is 5.95 Å². The maximum atomic E-state index is 6.37. The van der Waals surface area contributed by atoms with Gasteiger partial charge in [0.1, 0.15) is 6.04 Å². The molecule has 0 bridgehead atoms. The van der Waals surface area contributed by atoms with Crippen LogP contribution in [0.1, 0.15) is 17.2 Å². The first-order valence-corrected chi connectivity index (χ1v) is 7.75. The number of benzene rings is 2. The predicted octanol–water partition coefficient (Wildman–Crippen LogP) is 4.04. The van der Waals surface area contributed by atoms with Gasteiger partial charge in [0.05, 0.1) is 0 Å². The van der Waals surface area contributed by atoms with Gasteiger partial charge >= 0.3 is 0 Å². The van der Waals surface area contributed by atoms with Crippen LogP contribution in [0.2, 0.25) is 10.0 Å². The molecule has 5 nitrogen and oxygen atoms in total. The SMILES string of the molecule is Clc1ccc(C2C=C(c3ccccc3)Nc3nnnn32)c(Cl)c1. The molecule has 2 aromatic carbocycles. The Morgan fingerprint density at radius 3 is 2.65 bits per heavy atom. The Labute approximate surface area is 142 Å². The van der Waals surface area contributed by atoms with E-state index in [1.807, 2.05) is 48.5 Å². The maximum absolute atomic E-state index is 6.37. The quantitative estimate of drug-likeness (QED) is 0.762. The summed E-state index contributed by atoms with van der Waals surface area (Å²) in [6.45, 7) is 0. The molecule has 2 heterocycles. The molecule has 0 spiro atoms. The van der Waals surface area contributed by atoms with Crippen LogP contribution in [-0.2, 0) is 0 Å². The molecule has 0 saturated carbocycles. The van der Waals surface area contributed by atoms with Crippen molar-refractivity contribution in [3.8, 4) is 0 Å². The number of allylic oxidation sites excluding steroid dienone is 1. The Bertz CT molecular complexity index is 888. The summed E-state index contributed by atoms with van der Waals surface area (Å²) in [5.41, 5.74) is 2.88. The molecule has 0 fully saturated rings. The molecule has 1 atom stereocenters. The van der Waals surface area contributed by atoms with E-state index in [1.165, 1.54) is 0 Å². The molecule has 0 aliphatic carbocycles. The lowest BCUT2D eigenvalue weighted by molar-refractivity contribution is 0.586. The first-order valence-electron chi connectivity index (χ1n) is 6.99. The van der Waals surface area contributed by atoms with E-state index in [-0.39, 0.29) is 6.04 Å². The molecule has 1 aromatic heterocycles. The Kier molecular flexibility index (Phi) is 3.52. The molecule has 1 unspecified atom stereocenters. The second-order valence-electron chi connectivity index (χ2n) is 5.13. The van der Waals surface area contributed by atoms with Crippen molar-refractivity contribution in [2.75, 3.05) is 5.32 Å². The van der Waals surface area contributed by atoms with E-state index in [4.69, 9.17) is 23.2 Å². The van der Waals surface area contributed by atoms with Gasteiger partial charge in [-0.1, -0.05) is 64.7 Å². The topological polar surface area (TPSA) is 55.6 Å². The highest BCUT2D eigenvalue weighted by Crippen LogP contribution is 2.35. The molecular formula is C16H11Cl2N5. The standard InChI is InChI=1S/C16H11Cl2N5/c17-11-6-7-12(13(18)8-11)15-9-14(10-4-2-1-3-5-10)19-16-20-21-22-23(15)16/h1-9,15H,(H,19,20,22). The van der Waals surface area contributed by atoms with Crippen LogP contribution in [0.5, 0.6) is 0 Å². The van der Waals surface area contributed by atoms with Crippen LogP contribution in [0, 0.1) is 0 Å². The Balaban J connectivity index is 1.85. The van der Waals surface area contributed by atoms with Crippen LogP contribution in [0.15, 0.2) is 54.6 Å². The highest BCUT2D eigenvalue weighted by atomic mass is 35.5. The Hall–Kier alpha value is -2.37. The summed E-state index contributed by atoms with van der Waals surface area (Å²) < 4.78 is 1.70. The zero-order valence-electron chi connectivity index (χ0n) is 11.8. The summed E-state index contributed by atoms with van der Waals surface area (Å²) in [4.78, 5) is 0. The minimum atomic E-state index is -0.207. The fourth-order valence-corrected chi connectivity index (χ4v) is 3.12. The number of halogens is 2. The molecule has 3 aromatic rings. The molecule has 7 heteroatoms. The lowest BCUT2D eigenvalue weighted by Crippen LogP contribution is -2.20. The van der Waals surface area contributed by atoms with Gasteiger partial charge in [-0.2, -0.15) is 4.68 Å². The minimum absolute atomic E-state index is 0.207. The van der Waals surface area contributed by atoms with Gasteiger partial charge in [0.2, 0.25) is 5.95 Å². The normalized spacial score (nSPS) is 16.4. The molecule has 0 amide bonds. The smallest absolute Gasteiger partial charge is 0.248 e. The Morgan fingerprint density at radius 2 is 1.87 bits per heavy atom. The summed E-state index contributed by atoms with van der Waals surface area (Å²) in [6.07, 6.45) is 2.05. The van der Waals surface area contributed by atoms with Crippen molar-refractivity contribution in [1.29, 1.82) is 0 Å². The van der Waals surface area contributed by atoms with E-state index in [0.717, 1.165) is 16.8 Å². The van der Waals surface area contributed by atoms with Gasteiger partial charge in [0.25, 0.3) is 0 Å². The molecule has 4 rings (SSSR count). The summed E-state index contributed by atoms with van der Waals surface area (Å²) in [5, 5.41) is 16.3. The Morgan fingerprint density at radius 1 is 1.04 bits per heavy atom. The molecule has 0 saturated heterocycles. The van der Waals surface area contributed by atoms with Gasteiger partial charge in [-0.05, 0) is 39.8 Å². The van der Waals surface area contributed by atoms with Crippen LogP contribution in [0.25, 0.3) is 5.70 Å². The molecule has 1 aliphatic heterocycles. The fraction of sp³-hybridized carbons (Fsp3) is 0.0625. The zero-order valence-corrected chi connectivity index (χ0v) is 13.3. The van der Waals surface area contributed by atoms with E-state index < -0.39 is 0 Å². The zero-order chi connectivity index (χ0) is 15.8. The van der Waals surface area contributed by atoms with E-state index in [1.54, 1.807) is 10.7 Å². The van der Waals surface area contributed by atoms with E-state index in [0.29, 0.717) is 16.0 Å². The largest absolute Gasteiger partial charge is 0.323 e. The monoisotopic (exact) mass is 343 g/mol. The number of rotatable bonds is 2. The summed E-state index contributed by atoms with van der Waals surface area (Å²) in [6, 6.07) is 15.2. The van der Waals surface area contributed by atoms with Crippen LogP contribution in [0.3, 0.4) is 0 Å². The van der Waals surface area contributed by atoms with E-state index in [9.17, 15) is 0 Å². The van der Waals surface area contributed by atoms with Gasteiger partial charge in [0, 0.05) is 15.7 Å². The average Bonchev–Trinajstić information content (AvgIpc) is 3.03.